The van der Waals surface area contributed by atoms with Crippen molar-refractivity contribution in [2.24, 2.45) is 0 Å². The Morgan fingerprint density at radius 3 is 2.59 bits per heavy atom. The third-order valence-corrected chi connectivity index (χ3v) is 3.51. The van der Waals surface area contributed by atoms with Gasteiger partial charge in [0.15, 0.2) is 0 Å². The maximum absolute atomic E-state index is 12.5. The average Bonchev–Trinajstić information content (AvgIpc) is 2.96. The maximum Gasteiger partial charge on any atom is 0.258 e. The number of rotatable bonds is 2. The number of amides is 1. The number of fused-ring (bicyclic) bond motifs is 2. The number of carbonyl (C=O) groups excluding carboxylic acids is 1. The molecule has 2 heterocycles. The number of nitrogens with zero attached hydrogens (tertiary/aromatic N) is 2. The molecular weight excluding hydrogens is 276 g/mol. The number of anilines is 1. The molecule has 0 spiro atoms. The van der Waals surface area contributed by atoms with Crippen molar-refractivity contribution in [3.63, 3.8) is 0 Å². The highest BCUT2D eigenvalue weighted by Crippen LogP contribution is 2.18. The fraction of sp³-hybridized carbons (Fsp3) is 0. The van der Waals surface area contributed by atoms with Crippen molar-refractivity contribution in [1.29, 1.82) is 0 Å². The summed E-state index contributed by atoms with van der Waals surface area (Å²) in [5.74, 6) is 0.227. The summed E-state index contributed by atoms with van der Waals surface area (Å²) in [6, 6.07) is 16.9. The minimum atomic E-state index is -0.211. The van der Waals surface area contributed by atoms with Gasteiger partial charge in [-0.1, -0.05) is 30.3 Å². The molecule has 2 N–H and O–H groups in total. The molecule has 0 saturated heterocycles. The first-order valence-electron chi connectivity index (χ1n) is 6.91. The molecule has 2 aromatic heterocycles. The van der Waals surface area contributed by atoms with Crippen LogP contribution in [0, 0.1) is 0 Å². The molecule has 5 heteroatoms. The summed E-state index contributed by atoms with van der Waals surface area (Å²) in [5, 5.41) is 3.62. The maximum atomic E-state index is 12.5. The van der Waals surface area contributed by atoms with Crippen molar-refractivity contribution in [2.45, 2.75) is 0 Å². The number of carbonyl (C=O) groups is 1. The van der Waals surface area contributed by atoms with Crippen LogP contribution in [-0.2, 0) is 0 Å². The largest absolute Gasteiger partial charge is 0.324 e. The lowest BCUT2D eigenvalue weighted by Crippen LogP contribution is -2.13. The highest BCUT2D eigenvalue weighted by atomic mass is 16.1. The minimum absolute atomic E-state index is 0.211. The number of nitrogens with one attached hydrogen (secondary N) is 2. The van der Waals surface area contributed by atoms with Crippen LogP contribution in [0.1, 0.15) is 10.4 Å². The van der Waals surface area contributed by atoms with Crippen LogP contribution in [0.2, 0.25) is 0 Å². The van der Waals surface area contributed by atoms with E-state index in [2.05, 4.69) is 20.3 Å². The first-order valence-corrected chi connectivity index (χ1v) is 6.91. The van der Waals surface area contributed by atoms with E-state index in [0.29, 0.717) is 11.5 Å². The van der Waals surface area contributed by atoms with Gasteiger partial charge in [0, 0.05) is 11.6 Å². The second-order valence-corrected chi connectivity index (χ2v) is 4.93. The van der Waals surface area contributed by atoms with E-state index in [1.807, 2.05) is 48.5 Å². The SMILES string of the molecule is O=C(Nc1nc2ccccc2[nH]1)c1ccnc2ccccc12. The monoisotopic (exact) mass is 288 g/mol. The van der Waals surface area contributed by atoms with Gasteiger partial charge in [0.05, 0.1) is 22.1 Å². The zero-order valence-corrected chi connectivity index (χ0v) is 11.6. The standard InChI is InChI=1S/C17H12N4O/c22-16(12-9-10-18-13-6-2-1-5-11(12)13)21-17-19-14-7-3-4-8-15(14)20-17/h1-10H,(H2,19,20,21,22). The van der Waals surface area contributed by atoms with Crippen molar-refractivity contribution in [1.82, 2.24) is 15.0 Å². The van der Waals surface area contributed by atoms with Crippen LogP contribution in [0.5, 0.6) is 0 Å². The molecule has 0 aliphatic heterocycles. The quantitative estimate of drug-likeness (QED) is 0.594. The van der Waals surface area contributed by atoms with Crippen molar-refractivity contribution in [2.75, 3.05) is 5.32 Å². The molecule has 22 heavy (non-hydrogen) atoms. The average molecular weight is 288 g/mol. The van der Waals surface area contributed by atoms with Crippen LogP contribution in [-0.4, -0.2) is 20.9 Å². The molecule has 0 aliphatic rings. The van der Waals surface area contributed by atoms with E-state index >= 15 is 0 Å². The van der Waals surface area contributed by atoms with E-state index in [1.165, 1.54) is 0 Å². The van der Waals surface area contributed by atoms with Gasteiger partial charge in [0.25, 0.3) is 5.91 Å². The van der Waals surface area contributed by atoms with Gasteiger partial charge >= 0.3 is 0 Å². The number of para-hydroxylation sites is 3. The first kappa shape index (κ1) is 12.5. The molecule has 4 rings (SSSR count). The van der Waals surface area contributed by atoms with Crippen LogP contribution < -0.4 is 5.32 Å². The minimum Gasteiger partial charge on any atom is -0.324 e. The lowest BCUT2D eigenvalue weighted by atomic mass is 10.1. The van der Waals surface area contributed by atoms with Gasteiger partial charge in [-0.15, -0.1) is 0 Å². The van der Waals surface area contributed by atoms with Gasteiger partial charge < -0.3 is 4.98 Å². The molecule has 0 radical (unpaired) electrons. The molecule has 2 aromatic carbocycles. The Balaban J connectivity index is 1.71. The molecule has 0 unspecified atom stereocenters. The third-order valence-electron chi connectivity index (χ3n) is 3.51. The van der Waals surface area contributed by atoms with Gasteiger partial charge in [-0.25, -0.2) is 4.98 Å². The van der Waals surface area contributed by atoms with E-state index in [4.69, 9.17) is 0 Å². The molecule has 0 bridgehead atoms. The number of H-pyrrole nitrogens is 1. The Hall–Kier alpha value is -3.21. The number of hydrogen-bond acceptors (Lipinski definition) is 3. The van der Waals surface area contributed by atoms with Gasteiger partial charge in [0.1, 0.15) is 0 Å². The molecular formula is C17H12N4O. The van der Waals surface area contributed by atoms with Gasteiger partial charge in [0.2, 0.25) is 5.95 Å². The fourth-order valence-corrected chi connectivity index (χ4v) is 2.48. The predicted octanol–water partition coefficient (Wildman–Crippen LogP) is 3.36. The molecule has 0 atom stereocenters. The lowest BCUT2D eigenvalue weighted by molar-refractivity contribution is 0.102. The van der Waals surface area contributed by atoms with Crippen LogP contribution in [0.3, 0.4) is 0 Å². The fourth-order valence-electron chi connectivity index (χ4n) is 2.48. The zero-order valence-electron chi connectivity index (χ0n) is 11.6. The molecule has 106 valence electrons. The Kier molecular flexibility index (Phi) is 2.83. The second kappa shape index (κ2) is 4.96. The van der Waals surface area contributed by atoms with E-state index in [-0.39, 0.29) is 5.91 Å². The Morgan fingerprint density at radius 1 is 0.955 bits per heavy atom. The highest BCUT2D eigenvalue weighted by Gasteiger charge is 2.12. The second-order valence-electron chi connectivity index (χ2n) is 4.93. The summed E-state index contributed by atoms with van der Waals surface area (Å²) in [6.45, 7) is 0. The van der Waals surface area contributed by atoms with E-state index in [0.717, 1.165) is 21.9 Å². The zero-order chi connectivity index (χ0) is 14.9. The van der Waals surface area contributed by atoms with Crippen molar-refractivity contribution in [3.8, 4) is 0 Å². The Bertz CT molecular complexity index is 952. The number of aromatic nitrogens is 3. The van der Waals surface area contributed by atoms with Gasteiger partial charge in [-0.3, -0.25) is 15.1 Å². The summed E-state index contributed by atoms with van der Waals surface area (Å²) in [4.78, 5) is 24.2. The van der Waals surface area contributed by atoms with Crippen molar-refractivity contribution < 1.29 is 4.79 Å². The summed E-state index contributed by atoms with van der Waals surface area (Å²) in [7, 11) is 0. The van der Waals surface area contributed by atoms with Crippen molar-refractivity contribution >= 4 is 33.8 Å². The van der Waals surface area contributed by atoms with E-state index < -0.39 is 0 Å². The molecule has 0 fully saturated rings. The van der Waals surface area contributed by atoms with E-state index in [9.17, 15) is 4.79 Å². The topological polar surface area (TPSA) is 70.7 Å². The number of imidazole rings is 1. The highest BCUT2D eigenvalue weighted by molar-refractivity contribution is 6.11. The summed E-state index contributed by atoms with van der Waals surface area (Å²) in [5.41, 5.74) is 3.07. The number of pyridine rings is 1. The molecule has 5 nitrogen and oxygen atoms in total. The summed E-state index contributed by atoms with van der Waals surface area (Å²) < 4.78 is 0. The molecule has 4 aromatic rings. The van der Waals surface area contributed by atoms with Crippen LogP contribution in [0.15, 0.2) is 60.8 Å². The number of hydrogen-bond donors (Lipinski definition) is 2. The Labute approximate surface area is 126 Å². The molecule has 0 saturated carbocycles. The first-order chi connectivity index (χ1) is 10.8. The summed E-state index contributed by atoms with van der Waals surface area (Å²) in [6.07, 6.45) is 1.63. The normalized spacial score (nSPS) is 10.9. The number of benzene rings is 2. The summed E-state index contributed by atoms with van der Waals surface area (Å²) >= 11 is 0. The predicted molar refractivity (Wildman–Crippen MR) is 85.8 cm³/mol. The van der Waals surface area contributed by atoms with Crippen LogP contribution in [0.4, 0.5) is 5.95 Å². The Morgan fingerprint density at radius 2 is 1.73 bits per heavy atom. The molecule has 0 aliphatic carbocycles. The molecule has 1 amide bonds. The lowest BCUT2D eigenvalue weighted by Gasteiger charge is -2.05. The van der Waals surface area contributed by atoms with Gasteiger partial charge in [-0.05, 0) is 24.3 Å². The van der Waals surface area contributed by atoms with Crippen LogP contribution in [0.25, 0.3) is 21.9 Å². The number of aromatic amines is 1. The third kappa shape index (κ3) is 2.09. The van der Waals surface area contributed by atoms with Gasteiger partial charge in [-0.2, -0.15) is 0 Å². The van der Waals surface area contributed by atoms with Crippen molar-refractivity contribution in [3.05, 3.63) is 66.4 Å². The smallest absolute Gasteiger partial charge is 0.258 e. The van der Waals surface area contributed by atoms with Crippen LogP contribution >= 0.6 is 0 Å². The van der Waals surface area contributed by atoms with E-state index in [1.54, 1.807) is 12.3 Å².